The van der Waals surface area contributed by atoms with Crippen LogP contribution >= 0.6 is 0 Å². The van der Waals surface area contributed by atoms with Gasteiger partial charge in [-0.05, 0) is 14.1 Å². The third-order valence-electron chi connectivity index (χ3n) is 1.65. The van der Waals surface area contributed by atoms with Gasteiger partial charge in [-0.1, -0.05) is 0 Å². The van der Waals surface area contributed by atoms with Crippen LogP contribution in [0.4, 0.5) is 0 Å². The zero-order valence-electron chi connectivity index (χ0n) is 8.73. The number of aromatic carboxylic acids is 1. The second kappa shape index (κ2) is 6.19. The molecule has 0 aromatic carbocycles. The zero-order chi connectivity index (χ0) is 9.84. The number of hydrogen-bond acceptors (Lipinski definition) is 4. The summed E-state index contributed by atoms with van der Waals surface area (Å²) in [6.07, 6.45) is 2.97. The molecule has 0 saturated carbocycles. The molecule has 0 atom stereocenters. The topological polar surface area (TPSA) is 61.2 Å². The van der Waals surface area contributed by atoms with Gasteiger partial charge in [0.1, 0.15) is 5.69 Å². The maximum atomic E-state index is 10.4. The quantitative estimate of drug-likeness (QED) is 0.468. The first-order valence-electron chi connectivity index (χ1n) is 3.97. The molecule has 1 heterocycles. The molecule has 0 spiro atoms. The molecule has 0 N–H and O–H groups in total. The van der Waals surface area contributed by atoms with Crippen LogP contribution in [-0.4, -0.2) is 41.1 Å². The second-order valence-corrected chi connectivity index (χ2v) is 3.09. The third-order valence-corrected chi connectivity index (χ3v) is 1.65. The number of aromatic nitrogens is 2. The van der Waals surface area contributed by atoms with Crippen molar-refractivity contribution < 1.29 is 39.5 Å². The van der Waals surface area contributed by atoms with Crippen molar-refractivity contribution in [1.82, 2.24) is 14.5 Å². The number of hydrogen-bond donors (Lipinski definition) is 0. The summed E-state index contributed by atoms with van der Waals surface area (Å²) in [5.74, 6) is -1.23. The number of carbonyl (C=O) groups is 1. The molecule has 72 valence electrons. The number of likely N-dealkylation sites (N-methyl/N-ethyl adjacent to an activating group) is 1. The van der Waals surface area contributed by atoms with E-state index in [1.165, 1.54) is 12.5 Å². The fourth-order valence-electron chi connectivity index (χ4n) is 0.903. The molecule has 0 aliphatic carbocycles. The molecule has 0 saturated heterocycles. The van der Waals surface area contributed by atoms with Crippen molar-refractivity contribution in [1.29, 1.82) is 0 Å². The van der Waals surface area contributed by atoms with E-state index < -0.39 is 5.97 Å². The van der Waals surface area contributed by atoms with Gasteiger partial charge in [0.15, 0.2) is 0 Å². The monoisotopic (exact) mass is 205 g/mol. The standard InChI is InChI=1S/C8H13N3O2.Na/c1-10(2)3-4-11-5-7(8(12)13)9-6-11;/h5-6H,3-4H2,1-2H3,(H,12,13);/q;+1/p-1. The Bertz CT molecular complexity index is 299. The Morgan fingerprint density at radius 3 is 2.71 bits per heavy atom. The van der Waals surface area contributed by atoms with Crippen molar-refractivity contribution in [3.8, 4) is 0 Å². The van der Waals surface area contributed by atoms with Gasteiger partial charge in [0.25, 0.3) is 0 Å². The van der Waals surface area contributed by atoms with Crippen LogP contribution in [0.2, 0.25) is 0 Å². The number of carbonyl (C=O) groups excluding carboxylic acids is 1. The Kier molecular flexibility index (Phi) is 6.03. The Morgan fingerprint density at radius 2 is 2.29 bits per heavy atom. The molecule has 1 aromatic heterocycles. The Balaban J connectivity index is 0.00000169. The van der Waals surface area contributed by atoms with Gasteiger partial charge in [-0.15, -0.1) is 0 Å². The molecule has 0 amide bonds. The Labute approximate surface area is 105 Å². The van der Waals surface area contributed by atoms with Crippen LogP contribution < -0.4 is 34.7 Å². The molecule has 0 aliphatic heterocycles. The van der Waals surface area contributed by atoms with Gasteiger partial charge in [0, 0.05) is 19.3 Å². The minimum Gasteiger partial charge on any atom is -0.543 e. The van der Waals surface area contributed by atoms with E-state index in [1.807, 2.05) is 19.0 Å². The molecule has 1 aromatic rings. The first-order valence-corrected chi connectivity index (χ1v) is 3.97. The molecule has 5 nitrogen and oxygen atoms in total. The van der Waals surface area contributed by atoms with E-state index in [0.717, 1.165) is 13.1 Å². The number of rotatable bonds is 4. The first-order chi connectivity index (χ1) is 6.09. The van der Waals surface area contributed by atoms with Gasteiger partial charge < -0.3 is 19.4 Å². The van der Waals surface area contributed by atoms with Gasteiger partial charge in [0.05, 0.1) is 12.3 Å². The van der Waals surface area contributed by atoms with E-state index in [0.29, 0.717) is 0 Å². The third kappa shape index (κ3) is 4.23. The van der Waals surface area contributed by atoms with E-state index in [-0.39, 0.29) is 35.3 Å². The summed E-state index contributed by atoms with van der Waals surface area (Å²) < 4.78 is 1.73. The van der Waals surface area contributed by atoms with Gasteiger partial charge >= 0.3 is 29.6 Å². The molecule has 0 aliphatic rings. The summed E-state index contributed by atoms with van der Waals surface area (Å²) in [4.78, 5) is 16.0. The first kappa shape index (κ1) is 13.6. The van der Waals surface area contributed by atoms with Crippen molar-refractivity contribution in [3.05, 3.63) is 18.2 Å². The normalized spacial score (nSPS) is 9.93. The summed E-state index contributed by atoms with van der Waals surface area (Å²) in [5.41, 5.74) is -0.0150. The average Bonchev–Trinajstić information content (AvgIpc) is 2.48. The summed E-state index contributed by atoms with van der Waals surface area (Å²) >= 11 is 0. The van der Waals surface area contributed by atoms with Gasteiger partial charge in [-0.2, -0.15) is 0 Å². The predicted octanol–water partition coefficient (Wildman–Crippen LogP) is -4.19. The van der Waals surface area contributed by atoms with Crippen molar-refractivity contribution in [2.24, 2.45) is 0 Å². The molecular weight excluding hydrogens is 193 g/mol. The second-order valence-electron chi connectivity index (χ2n) is 3.09. The van der Waals surface area contributed by atoms with Crippen molar-refractivity contribution in [3.63, 3.8) is 0 Å². The summed E-state index contributed by atoms with van der Waals surface area (Å²) in [6, 6.07) is 0. The average molecular weight is 205 g/mol. The van der Waals surface area contributed by atoms with Crippen molar-refractivity contribution in [2.45, 2.75) is 6.54 Å². The van der Waals surface area contributed by atoms with Crippen LogP contribution in [0.3, 0.4) is 0 Å². The van der Waals surface area contributed by atoms with Gasteiger partial charge in [-0.3, -0.25) is 0 Å². The van der Waals surface area contributed by atoms with E-state index in [2.05, 4.69) is 4.98 Å². The van der Waals surface area contributed by atoms with Crippen LogP contribution in [-0.2, 0) is 6.54 Å². The van der Waals surface area contributed by atoms with Crippen molar-refractivity contribution in [2.75, 3.05) is 20.6 Å². The largest absolute Gasteiger partial charge is 1.00 e. The minimum absolute atomic E-state index is 0. The van der Waals surface area contributed by atoms with Crippen LogP contribution in [0.1, 0.15) is 10.5 Å². The van der Waals surface area contributed by atoms with Crippen LogP contribution in [0, 0.1) is 0 Å². The number of imidazole rings is 1. The molecule has 14 heavy (non-hydrogen) atoms. The Hall–Kier alpha value is -0.360. The number of nitrogens with zero attached hydrogens (tertiary/aromatic N) is 3. The summed E-state index contributed by atoms with van der Waals surface area (Å²) in [5, 5.41) is 10.4. The summed E-state index contributed by atoms with van der Waals surface area (Å²) in [7, 11) is 3.91. The molecule has 1 rings (SSSR count). The van der Waals surface area contributed by atoms with Gasteiger partial charge in [0.2, 0.25) is 0 Å². The maximum Gasteiger partial charge on any atom is 1.00 e. The van der Waals surface area contributed by atoms with Crippen molar-refractivity contribution >= 4 is 5.97 Å². The number of carboxylic acid groups (broad SMARTS) is 1. The molecular formula is C8H12N3NaO2. The fraction of sp³-hybridized carbons (Fsp3) is 0.500. The van der Waals surface area contributed by atoms with Crippen LogP contribution in [0.15, 0.2) is 12.5 Å². The minimum atomic E-state index is -1.23. The smallest absolute Gasteiger partial charge is 0.543 e. The Morgan fingerprint density at radius 1 is 1.64 bits per heavy atom. The van der Waals surface area contributed by atoms with Crippen LogP contribution in [0.25, 0.3) is 0 Å². The zero-order valence-corrected chi connectivity index (χ0v) is 10.7. The summed E-state index contributed by atoms with van der Waals surface area (Å²) in [6.45, 7) is 1.58. The number of carboxylic acids is 1. The van der Waals surface area contributed by atoms with E-state index >= 15 is 0 Å². The molecule has 6 heteroatoms. The van der Waals surface area contributed by atoms with Crippen LogP contribution in [0.5, 0.6) is 0 Å². The van der Waals surface area contributed by atoms with E-state index in [4.69, 9.17) is 0 Å². The van der Waals surface area contributed by atoms with E-state index in [9.17, 15) is 9.90 Å². The molecule has 0 radical (unpaired) electrons. The predicted molar refractivity (Wildman–Crippen MR) is 45.1 cm³/mol. The molecule has 0 bridgehead atoms. The maximum absolute atomic E-state index is 10.4. The SMILES string of the molecule is CN(C)CCn1cnc(C(=O)[O-])c1.[Na+]. The van der Waals surface area contributed by atoms with E-state index in [1.54, 1.807) is 4.57 Å². The fourth-order valence-corrected chi connectivity index (χ4v) is 0.903. The molecule has 0 unspecified atom stereocenters. The molecule has 0 fully saturated rings. The van der Waals surface area contributed by atoms with Gasteiger partial charge in [-0.25, -0.2) is 4.98 Å².